The maximum atomic E-state index is 12.3. The molecule has 4 saturated heterocycles. The van der Waals surface area contributed by atoms with Crippen molar-refractivity contribution in [2.24, 2.45) is 0 Å². The second-order valence-electron chi connectivity index (χ2n) is 8.89. The van der Waals surface area contributed by atoms with Crippen molar-refractivity contribution in [3.05, 3.63) is 54.6 Å². The second-order valence-corrected chi connectivity index (χ2v) is 13.7. The Hall–Kier alpha value is -1.65. The van der Waals surface area contributed by atoms with Crippen molar-refractivity contribution in [1.29, 1.82) is 0 Å². The lowest BCUT2D eigenvalue weighted by molar-refractivity contribution is -0.194. The molecule has 0 aromatic heterocycles. The van der Waals surface area contributed by atoms with E-state index in [1.807, 2.05) is 0 Å². The standard InChI is InChI=1S/C8H7F5OS.C6H5F5OS.C6H12N4.HI/c1-2-6-5-7(3-4-8(6)14)15(9,10,11,12)13;7-13(8,9,10,11)6-3-1-5(12)2-4-6;1-7-2-9-4-8(1)5-10(3-7)6-9;/h2-5,14H,1H2;1-4,12H;1-6H2;1H. The first kappa shape index (κ1) is 33.6. The first-order valence-electron chi connectivity index (χ1n) is 10.4. The van der Waals surface area contributed by atoms with Crippen LogP contribution >= 0.6 is 44.4 Å². The van der Waals surface area contributed by atoms with Gasteiger partial charge >= 0.3 is 20.4 Å². The number of hydrogen-bond acceptors (Lipinski definition) is 6. The van der Waals surface area contributed by atoms with Crippen molar-refractivity contribution in [2.75, 3.05) is 40.0 Å². The van der Waals surface area contributed by atoms with Gasteiger partial charge in [0.1, 0.15) is 21.3 Å². The molecule has 39 heavy (non-hydrogen) atoms. The van der Waals surface area contributed by atoms with Crippen molar-refractivity contribution in [1.82, 2.24) is 19.6 Å². The lowest BCUT2D eigenvalue weighted by atomic mass is 10.2. The molecule has 226 valence electrons. The van der Waals surface area contributed by atoms with Gasteiger partial charge in [0, 0.05) is 5.56 Å². The highest BCUT2D eigenvalue weighted by atomic mass is 127. The van der Waals surface area contributed by atoms with Crippen LogP contribution < -0.4 is 0 Å². The first-order chi connectivity index (χ1) is 16.8. The summed E-state index contributed by atoms with van der Waals surface area (Å²) in [5, 5.41) is 17.6. The van der Waals surface area contributed by atoms with E-state index in [4.69, 9.17) is 10.2 Å². The van der Waals surface area contributed by atoms with Crippen LogP contribution in [0.15, 0.2) is 58.8 Å². The zero-order valence-electron chi connectivity index (χ0n) is 19.8. The summed E-state index contributed by atoms with van der Waals surface area (Å²) < 4.78 is 121. The van der Waals surface area contributed by atoms with Gasteiger partial charge in [0.15, 0.2) is 0 Å². The Morgan fingerprint density at radius 1 is 0.590 bits per heavy atom. The molecule has 0 saturated carbocycles. The predicted octanol–water partition coefficient (Wildman–Crippen LogP) is 8.34. The van der Waals surface area contributed by atoms with E-state index in [2.05, 4.69) is 26.2 Å². The smallest absolute Gasteiger partial charge is 0.310 e. The van der Waals surface area contributed by atoms with E-state index in [1.165, 1.54) is 40.0 Å². The van der Waals surface area contributed by atoms with Gasteiger partial charge in [0.25, 0.3) is 0 Å². The van der Waals surface area contributed by atoms with Crippen LogP contribution in [0, 0.1) is 0 Å². The molecule has 4 aliphatic rings. The topological polar surface area (TPSA) is 53.4 Å². The van der Waals surface area contributed by atoms with Crippen molar-refractivity contribution >= 4 is 50.5 Å². The molecule has 4 aliphatic heterocycles. The van der Waals surface area contributed by atoms with Gasteiger partial charge in [0.05, 0.1) is 40.0 Å². The molecule has 2 aromatic rings. The zero-order chi connectivity index (χ0) is 28.9. The fraction of sp³-hybridized carbons (Fsp3) is 0.300. The van der Waals surface area contributed by atoms with Gasteiger partial charge < -0.3 is 10.2 Å². The molecule has 0 aliphatic carbocycles. The Morgan fingerprint density at radius 2 is 0.923 bits per heavy atom. The number of rotatable bonds is 3. The maximum Gasteiger partial charge on any atom is 0.310 e. The highest BCUT2D eigenvalue weighted by molar-refractivity contribution is 14.0. The number of halogens is 11. The molecule has 0 radical (unpaired) electrons. The minimum Gasteiger partial charge on any atom is -0.508 e. The van der Waals surface area contributed by atoms with Gasteiger partial charge in [-0.05, 0) is 42.5 Å². The summed E-state index contributed by atoms with van der Waals surface area (Å²) in [4.78, 5) is 5.83. The SMILES string of the molecule is C1N2CN3CN1CN(C2)C3.C=Cc1cc(S(F)(F)(F)(F)F)ccc1O.I.Oc1ccc(S(F)(F)(F)(F)F)cc1. The number of aromatic hydroxyl groups is 2. The van der Waals surface area contributed by atoms with E-state index < -0.39 is 41.7 Å². The molecule has 0 amide bonds. The molecular weight excluding hydrogens is 709 g/mol. The van der Waals surface area contributed by atoms with Crippen LogP contribution in [-0.4, -0.2) is 69.8 Å². The van der Waals surface area contributed by atoms with Crippen LogP contribution in [0.5, 0.6) is 11.5 Å². The van der Waals surface area contributed by atoms with E-state index in [0.29, 0.717) is 18.2 Å². The first-order valence-corrected chi connectivity index (χ1v) is 14.4. The van der Waals surface area contributed by atoms with Gasteiger partial charge in [-0.3, -0.25) is 19.6 Å². The van der Waals surface area contributed by atoms with Gasteiger partial charge in [-0.1, -0.05) is 51.5 Å². The summed E-state index contributed by atoms with van der Waals surface area (Å²) in [6.07, 6.45) is 0.863. The summed E-state index contributed by atoms with van der Waals surface area (Å²) in [5.41, 5.74) is -0.388. The Morgan fingerprint density at radius 3 is 1.23 bits per heavy atom. The largest absolute Gasteiger partial charge is 0.508 e. The average molecular weight is 734 g/mol. The summed E-state index contributed by atoms with van der Waals surface area (Å²) >= 11 is 0. The fourth-order valence-electron chi connectivity index (χ4n) is 3.87. The molecule has 4 heterocycles. The monoisotopic (exact) mass is 734 g/mol. The van der Waals surface area contributed by atoms with E-state index in [9.17, 15) is 38.9 Å². The summed E-state index contributed by atoms with van der Waals surface area (Å²) in [5.74, 6) is -1.03. The van der Waals surface area contributed by atoms with E-state index >= 15 is 0 Å². The third-order valence-electron chi connectivity index (χ3n) is 5.35. The van der Waals surface area contributed by atoms with Gasteiger partial charge in [-0.2, -0.15) is 0 Å². The molecule has 4 fully saturated rings. The van der Waals surface area contributed by atoms with Gasteiger partial charge in [-0.15, -0.1) is 24.0 Å². The predicted molar refractivity (Wildman–Crippen MR) is 141 cm³/mol. The third kappa shape index (κ3) is 9.46. The van der Waals surface area contributed by atoms with Crippen LogP contribution in [0.3, 0.4) is 0 Å². The van der Waals surface area contributed by atoms with Gasteiger partial charge in [-0.25, -0.2) is 0 Å². The Kier molecular flexibility index (Phi) is 8.13. The summed E-state index contributed by atoms with van der Waals surface area (Å²) in [7, 11) is -19.2. The number of nitrogens with zero attached hydrogens (tertiary/aromatic N) is 4. The maximum absolute atomic E-state index is 12.3. The number of benzene rings is 2. The minimum absolute atomic E-state index is 0. The van der Waals surface area contributed by atoms with Crippen LogP contribution in [0.4, 0.5) is 38.9 Å². The van der Waals surface area contributed by atoms with Crippen LogP contribution in [0.1, 0.15) is 5.56 Å². The number of hydrogen-bond donors (Lipinski definition) is 2. The van der Waals surface area contributed by atoms with Gasteiger partial charge in [0.2, 0.25) is 0 Å². The molecule has 0 unspecified atom stereocenters. The van der Waals surface area contributed by atoms with Crippen molar-refractivity contribution in [3.63, 3.8) is 0 Å². The molecule has 19 heteroatoms. The normalized spacial score (nSPS) is 27.0. The van der Waals surface area contributed by atoms with Crippen LogP contribution in [0.2, 0.25) is 0 Å². The summed E-state index contributed by atoms with van der Waals surface area (Å²) in [6, 6.07) is 2.30. The fourth-order valence-corrected chi connectivity index (χ4v) is 5.20. The Balaban J connectivity index is 0.000000205. The average Bonchev–Trinajstić information content (AvgIpc) is 2.71. The molecule has 0 atom stereocenters. The Labute approximate surface area is 234 Å². The quantitative estimate of drug-likeness (QED) is 0.245. The van der Waals surface area contributed by atoms with Crippen molar-refractivity contribution in [3.8, 4) is 11.5 Å². The summed E-state index contributed by atoms with van der Waals surface area (Å²) in [6.45, 7) is 10.2. The molecule has 0 spiro atoms. The van der Waals surface area contributed by atoms with E-state index in [0.717, 1.165) is 6.08 Å². The highest BCUT2D eigenvalue weighted by Gasteiger charge is 2.66. The molecule has 6 nitrogen and oxygen atoms in total. The van der Waals surface area contributed by atoms with Crippen LogP contribution in [0.25, 0.3) is 6.08 Å². The number of phenolic OH excluding ortho intramolecular Hbond substituents is 2. The molecular formula is C20H25F10IN4O2S2. The van der Waals surface area contributed by atoms with Crippen LogP contribution in [-0.2, 0) is 0 Å². The van der Waals surface area contributed by atoms with E-state index in [-0.39, 0.29) is 53.8 Å². The molecule has 2 aromatic carbocycles. The minimum atomic E-state index is -9.66. The lowest BCUT2D eigenvalue weighted by Crippen LogP contribution is -2.71. The third-order valence-corrected chi connectivity index (χ3v) is 7.65. The number of phenols is 2. The van der Waals surface area contributed by atoms with E-state index in [1.54, 1.807) is 0 Å². The van der Waals surface area contributed by atoms with Crippen molar-refractivity contribution in [2.45, 2.75) is 9.79 Å². The zero-order valence-corrected chi connectivity index (χ0v) is 23.7. The Bertz CT molecular complexity index is 1160. The van der Waals surface area contributed by atoms with Crippen molar-refractivity contribution < 1.29 is 49.1 Å². The molecule has 2 N–H and O–H groups in total. The second kappa shape index (κ2) is 9.44. The lowest BCUT2D eigenvalue weighted by Gasteiger charge is -2.56. The molecule has 4 bridgehead atoms. The highest BCUT2D eigenvalue weighted by Crippen LogP contribution is 3.02. The molecule has 6 rings (SSSR count).